The van der Waals surface area contributed by atoms with Crippen molar-refractivity contribution < 1.29 is 9.84 Å². The fraction of sp³-hybridized carbons (Fsp3) is 1.00. The van der Waals surface area contributed by atoms with Gasteiger partial charge in [-0.3, -0.25) is 0 Å². The third-order valence-corrected chi connectivity index (χ3v) is 5.25. The van der Waals surface area contributed by atoms with Crippen molar-refractivity contribution in [2.45, 2.75) is 76.9 Å². The van der Waals surface area contributed by atoms with Crippen LogP contribution >= 0.6 is 0 Å². The first-order valence-electron chi connectivity index (χ1n) is 7.33. The Hall–Kier alpha value is -0.0800. The molecule has 17 heavy (non-hydrogen) atoms. The van der Waals surface area contributed by atoms with Gasteiger partial charge in [0.25, 0.3) is 0 Å². The largest absolute Gasteiger partial charge is 0.390 e. The molecular weight excluding hydrogens is 212 g/mol. The third-order valence-electron chi connectivity index (χ3n) is 5.25. The van der Waals surface area contributed by atoms with Crippen LogP contribution in [0.25, 0.3) is 0 Å². The van der Waals surface area contributed by atoms with E-state index in [1.807, 2.05) is 6.92 Å². The maximum Gasteiger partial charge on any atom is 0.0686 e. The number of hydrogen-bond donors (Lipinski definition) is 1. The molecule has 0 amide bonds. The molecule has 0 aromatic carbocycles. The first-order chi connectivity index (χ1) is 7.96. The highest BCUT2D eigenvalue weighted by Gasteiger charge is 2.45. The summed E-state index contributed by atoms with van der Waals surface area (Å²) in [5.41, 5.74) is -0.422. The van der Waals surface area contributed by atoms with Gasteiger partial charge < -0.3 is 9.84 Å². The standard InChI is InChI=1S/C15H28O2/c1-12(2)14(3,16)13-7-10-17-15(11-13)8-5-4-6-9-15/h12-13,16H,4-11H2,1-3H3. The molecule has 1 saturated heterocycles. The van der Waals surface area contributed by atoms with Crippen LogP contribution in [0.4, 0.5) is 0 Å². The molecule has 2 nitrogen and oxygen atoms in total. The van der Waals surface area contributed by atoms with Gasteiger partial charge in [0.1, 0.15) is 0 Å². The van der Waals surface area contributed by atoms with E-state index in [0.29, 0.717) is 11.8 Å². The number of aliphatic hydroxyl groups is 1. The summed E-state index contributed by atoms with van der Waals surface area (Å²) in [4.78, 5) is 0. The second-order valence-electron chi connectivity index (χ2n) is 6.66. The summed E-state index contributed by atoms with van der Waals surface area (Å²) in [5, 5.41) is 10.7. The minimum absolute atomic E-state index is 0.111. The molecule has 0 aromatic heterocycles. The highest BCUT2D eigenvalue weighted by Crippen LogP contribution is 2.45. The van der Waals surface area contributed by atoms with Gasteiger partial charge in [-0.05, 0) is 44.4 Å². The Balaban J connectivity index is 2.06. The van der Waals surface area contributed by atoms with Crippen LogP contribution in [0.3, 0.4) is 0 Å². The zero-order valence-corrected chi connectivity index (χ0v) is 11.7. The summed E-state index contributed by atoms with van der Waals surface area (Å²) in [7, 11) is 0. The van der Waals surface area contributed by atoms with Crippen LogP contribution < -0.4 is 0 Å². The van der Waals surface area contributed by atoms with Crippen LogP contribution in [0.15, 0.2) is 0 Å². The molecule has 1 spiro atoms. The lowest BCUT2D eigenvalue weighted by molar-refractivity contribution is -0.161. The molecule has 2 rings (SSSR count). The van der Waals surface area contributed by atoms with Crippen molar-refractivity contribution in [1.29, 1.82) is 0 Å². The van der Waals surface area contributed by atoms with Crippen LogP contribution in [0, 0.1) is 11.8 Å². The lowest BCUT2D eigenvalue weighted by atomic mass is 9.68. The fourth-order valence-electron chi connectivity index (χ4n) is 3.54. The topological polar surface area (TPSA) is 29.5 Å². The number of ether oxygens (including phenoxy) is 1. The van der Waals surface area contributed by atoms with E-state index in [0.717, 1.165) is 19.4 Å². The van der Waals surface area contributed by atoms with Gasteiger partial charge >= 0.3 is 0 Å². The Labute approximate surface area is 106 Å². The average molecular weight is 240 g/mol. The quantitative estimate of drug-likeness (QED) is 0.800. The van der Waals surface area contributed by atoms with Crippen molar-refractivity contribution in [3.63, 3.8) is 0 Å². The molecule has 0 bridgehead atoms. The molecule has 2 aliphatic rings. The third kappa shape index (κ3) is 2.68. The molecule has 0 radical (unpaired) electrons. The van der Waals surface area contributed by atoms with Gasteiger partial charge in [0, 0.05) is 6.61 Å². The van der Waals surface area contributed by atoms with Gasteiger partial charge in [0.15, 0.2) is 0 Å². The van der Waals surface area contributed by atoms with Crippen molar-refractivity contribution in [1.82, 2.24) is 0 Å². The van der Waals surface area contributed by atoms with Crippen LogP contribution in [0.2, 0.25) is 0 Å². The van der Waals surface area contributed by atoms with E-state index in [9.17, 15) is 5.11 Å². The summed E-state index contributed by atoms with van der Waals surface area (Å²) in [6.07, 6.45) is 8.46. The molecule has 2 fully saturated rings. The van der Waals surface area contributed by atoms with Gasteiger partial charge in [-0.15, -0.1) is 0 Å². The van der Waals surface area contributed by atoms with E-state index >= 15 is 0 Å². The summed E-state index contributed by atoms with van der Waals surface area (Å²) < 4.78 is 6.10. The highest BCUT2D eigenvalue weighted by molar-refractivity contribution is 4.96. The van der Waals surface area contributed by atoms with Crippen LogP contribution in [-0.2, 0) is 4.74 Å². The van der Waals surface area contributed by atoms with Crippen LogP contribution in [-0.4, -0.2) is 22.9 Å². The molecule has 1 heterocycles. The lowest BCUT2D eigenvalue weighted by Crippen LogP contribution is -2.50. The Morgan fingerprint density at radius 1 is 1.24 bits per heavy atom. The van der Waals surface area contributed by atoms with Crippen molar-refractivity contribution in [2.75, 3.05) is 6.61 Å². The Kier molecular flexibility index (Phi) is 3.84. The monoisotopic (exact) mass is 240 g/mol. The Bertz CT molecular complexity index is 246. The number of rotatable bonds is 2. The molecule has 2 heteroatoms. The second kappa shape index (κ2) is 4.89. The number of hydrogen-bond acceptors (Lipinski definition) is 2. The normalized spacial score (nSPS) is 32.6. The van der Waals surface area contributed by atoms with Crippen molar-refractivity contribution in [3.8, 4) is 0 Å². The minimum Gasteiger partial charge on any atom is -0.390 e. The summed E-state index contributed by atoms with van der Waals surface area (Å²) in [6.45, 7) is 7.11. The molecular formula is C15H28O2. The van der Waals surface area contributed by atoms with E-state index in [-0.39, 0.29) is 5.60 Å². The molecule has 1 saturated carbocycles. The van der Waals surface area contributed by atoms with Crippen molar-refractivity contribution >= 4 is 0 Å². The maximum absolute atomic E-state index is 10.7. The molecule has 1 N–H and O–H groups in total. The van der Waals surface area contributed by atoms with Crippen LogP contribution in [0.5, 0.6) is 0 Å². The van der Waals surface area contributed by atoms with Crippen molar-refractivity contribution in [2.24, 2.45) is 11.8 Å². The molecule has 1 aliphatic carbocycles. The smallest absolute Gasteiger partial charge is 0.0686 e. The SMILES string of the molecule is CC(C)C(C)(O)C1CCOC2(CCCCC2)C1. The lowest BCUT2D eigenvalue weighted by Gasteiger charge is -2.48. The maximum atomic E-state index is 10.7. The van der Waals surface area contributed by atoms with Gasteiger partial charge in [-0.25, -0.2) is 0 Å². The highest BCUT2D eigenvalue weighted by atomic mass is 16.5. The first kappa shape index (κ1) is 13.4. The summed E-state index contributed by atoms with van der Waals surface area (Å²) in [6, 6.07) is 0. The predicted octanol–water partition coefficient (Wildman–Crippen LogP) is 3.52. The van der Waals surface area contributed by atoms with E-state index in [1.165, 1.54) is 32.1 Å². The van der Waals surface area contributed by atoms with E-state index in [1.54, 1.807) is 0 Å². The van der Waals surface area contributed by atoms with Gasteiger partial charge in [0.05, 0.1) is 11.2 Å². The first-order valence-corrected chi connectivity index (χ1v) is 7.33. The Morgan fingerprint density at radius 3 is 2.47 bits per heavy atom. The van der Waals surface area contributed by atoms with E-state index in [2.05, 4.69) is 13.8 Å². The summed E-state index contributed by atoms with van der Waals surface area (Å²) in [5.74, 6) is 0.737. The molecule has 2 unspecified atom stereocenters. The average Bonchev–Trinajstić information content (AvgIpc) is 2.30. The second-order valence-corrected chi connectivity index (χ2v) is 6.66. The molecule has 1 aliphatic heterocycles. The zero-order valence-electron chi connectivity index (χ0n) is 11.7. The van der Waals surface area contributed by atoms with Gasteiger partial charge in [0.2, 0.25) is 0 Å². The fourth-order valence-corrected chi connectivity index (χ4v) is 3.54. The molecule has 2 atom stereocenters. The molecule has 0 aromatic rings. The zero-order chi connectivity index (χ0) is 12.5. The summed E-state index contributed by atoms with van der Waals surface area (Å²) >= 11 is 0. The van der Waals surface area contributed by atoms with Gasteiger partial charge in [-0.2, -0.15) is 0 Å². The van der Waals surface area contributed by atoms with Gasteiger partial charge in [-0.1, -0.05) is 33.1 Å². The van der Waals surface area contributed by atoms with Crippen molar-refractivity contribution in [3.05, 3.63) is 0 Å². The van der Waals surface area contributed by atoms with E-state index < -0.39 is 5.60 Å². The molecule has 100 valence electrons. The van der Waals surface area contributed by atoms with Crippen LogP contribution in [0.1, 0.15) is 65.7 Å². The predicted molar refractivity (Wildman–Crippen MR) is 70.0 cm³/mol. The Morgan fingerprint density at radius 2 is 1.88 bits per heavy atom. The van der Waals surface area contributed by atoms with E-state index in [4.69, 9.17) is 4.74 Å². The minimum atomic E-state index is -0.534.